The van der Waals surface area contributed by atoms with Gasteiger partial charge < -0.3 is 9.64 Å². The molecule has 0 heterocycles. The molecule has 0 fully saturated rings. The Balaban J connectivity index is 2.11. The number of likely N-dealkylation sites (N-methyl/N-ethyl adjacent to an activating group) is 1. The average molecular weight is 316 g/mol. The van der Waals surface area contributed by atoms with Gasteiger partial charge in [-0.25, -0.2) is 8.78 Å². The van der Waals surface area contributed by atoms with Crippen LogP contribution in [0.5, 0.6) is 5.75 Å². The lowest BCUT2D eigenvalue weighted by molar-refractivity contribution is -0.120. The van der Waals surface area contributed by atoms with Crippen molar-refractivity contribution in [2.45, 2.75) is 6.92 Å². The molecule has 23 heavy (non-hydrogen) atoms. The third kappa shape index (κ3) is 3.83. The number of carbonyl (C=O) groups excluding carboxylic acids is 1. The van der Waals surface area contributed by atoms with Gasteiger partial charge in [-0.05, 0) is 31.2 Å². The number of nitrogens with zero attached hydrogens (tertiary/aromatic N) is 2. The van der Waals surface area contributed by atoms with Gasteiger partial charge in [0, 0.05) is 18.3 Å². The normalized spacial score (nSPS) is 10.0. The van der Waals surface area contributed by atoms with Gasteiger partial charge in [-0.15, -0.1) is 0 Å². The van der Waals surface area contributed by atoms with Crippen molar-refractivity contribution in [3.8, 4) is 11.8 Å². The van der Waals surface area contributed by atoms with E-state index in [2.05, 4.69) is 0 Å². The molecule has 2 aromatic rings. The number of ether oxygens (including phenoxy) is 1. The fourth-order valence-electron chi connectivity index (χ4n) is 2.06. The molecule has 0 aliphatic carbocycles. The number of para-hydroxylation sites is 1. The molecule has 0 unspecified atom stereocenters. The number of nitriles is 1. The Kier molecular flexibility index (Phi) is 5.26. The van der Waals surface area contributed by atoms with Crippen molar-refractivity contribution in [2.75, 3.05) is 18.1 Å². The van der Waals surface area contributed by atoms with Crippen LogP contribution in [0.3, 0.4) is 0 Å². The maximum absolute atomic E-state index is 13.3. The smallest absolute Gasteiger partial charge is 0.264 e. The van der Waals surface area contributed by atoms with E-state index in [0.717, 1.165) is 12.1 Å². The zero-order chi connectivity index (χ0) is 16.8. The number of anilines is 1. The van der Waals surface area contributed by atoms with Gasteiger partial charge in [0.2, 0.25) is 0 Å². The summed E-state index contributed by atoms with van der Waals surface area (Å²) < 4.78 is 31.7. The van der Waals surface area contributed by atoms with Crippen molar-refractivity contribution >= 4 is 11.6 Å². The summed E-state index contributed by atoms with van der Waals surface area (Å²) in [7, 11) is 0. The third-order valence-corrected chi connectivity index (χ3v) is 3.19. The minimum Gasteiger partial charge on any atom is -0.482 e. The number of hydrogen-bond donors (Lipinski definition) is 0. The quantitative estimate of drug-likeness (QED) is 0.850. The molecule has 0 saturated heterocycles. The zero-order valence-corrected chi connectivity index (χ0v) is 12.4. The lowest BCUT2D eigenvalue weighted by Crippen LogP contribution is -2.35. The van der Waals surface area contributed by atoms with E-state index in [0.29, 0.717) is 11.3 Å². The first kappa shape index (κ1) is 16.4. The molecule has 4 nitrogen and oxygen atoms in total. The molecule has 0 atom stereocenters. The summed E-state index contributed by atoms with van der Waals surface area (Å²) in [5.74, 6) is -2.13. The molecule has 0 aliphatic heterocycles. The van der Waals surface area contributed by atoms with Gasteiger partial charge in [0.1, 0.15) is 11.8 Å². The molecule has 118 valence electrons. The van der Waals surface area contributed by atoms with E-state index in [-0.39, 0.29) is 18.8 Å². The Morgan fingerprint density at radius 1 is 1.22 bits per heavy atom. The van der Waals surface area contributed by atoms with Crippen LogP contribution >= 0.6 is 0 Å². The van der Waals surface area contributed by atoms with Crippen molar-refractivity contribution in [1.29, 1.82) is 5.26 Å². The summed E-state index contributed by atoms with van der Waals surface area (Å²) in [6, 6.07) is 11.7. The van der Waals surface area contributed by atoms with E-state index in [9.17, 15) is 13.6 Å². The largest absolute Gasteiger partial charge is 0.482 e. The lowest BCUT2D eigenvalue weighted by Gasteiger charge is -2.21. The van der Waals surface area contributed by atoms with E-state index >= 15 is 0 Å². The van der Waals surface area contributed by atoms with E-state index in [1.165, 1.54) is 11.0 Å². The molecule has 1 amide bonds. The van der Waals surface area contributed by atoms with Crippen LogP contribution in [-0.2, 0) is 4.79 Å². The number of amides is 1. The minimum atomic E-state index is -1.02. The van der Waals surface area contributed by atoms with Crippen LogP contribution < -0.4 is 9.64 Å². The second-order valence-electron chi connectivity index (χ2n) is 4.63. The van der Waals surface area contributed by atoms with Gasteiger partial charge in [0.25, 0.3) is 5.91 Å². The number of benzene rings is 2. The molecule has 0 bridgehead atoms. The highest BCUT2D eigenvalue weighted by Gasteiger charge is 2.17. The Morgan fingerprint density at radius 3 is 2.61 bits per heavy atom. The summed E-state index contributed by atoms with van der Waals surface area (Å²) in [4.78, 5) is 13.5. The average Bonchev–Trinajstić information content (AvgIpc) is 2.57. The molecule has 0 radical (unpaired) electrons. The van der Waals surface area contributed by atoms with E-state index in [4.69, 9.17) is 10.00 Å². The lowest BCUT2D eigenvalue weighted by atomic mass is 10.2. The molecule has 0 aromatic heterocycles. The summed E-state index contributed by atoms with van der Waals surface area (Å²) in [6.45, 7) is 1.67. The van der Waals surface area contributed by atoms with Crippen LogP contribution in [0.1, 0.15) is 12.5 Å². The Labute approximate surface area is 132 Å². The molecule has 2 rings (SSSR count). The topological polar surface area (TPSA) is 53.3 Å². The Hall–Kier alpha value is -2.94. The molecule has 2 aromatic carbocycles. The predicted molar refractivity (Wildman–Crippen MR) is 81.0 cm³/mol. The van der Waals surface area contributed by atoms with Gasteiger partial charge in [-0.1, -0.05) is 12.1 Å². The maximum atomic E-state index is 13.3. The molecule has 0 saturated carbocycles. The minimum absolute atomic E-state index is 0.244. The first-order valence-corrected chi connectivity index (χ1v) is 6.94. The van der Waals surface area contributed by atoms with Crippen molar-refractivity contribution in [1.82, 2.24) is 0 Å². The van der Waals surface area contributed by atoms with Crippen LogP contribution in [0.4, 0.5) is 14.5 Å². The second kappa shape index (κ2) is 7.36. The predicted octanol–water partition coefficient (Wildman–Crippen LogP) is 3.27. The molecule has 0 spiro atoms. The first-order chi connectivity index (χ1) is 11.1. The van der Waals surface area contributed by atoms with Gasteiger partial charge in [0.15, 0.2) is 18.2 Å². The highest BCUT2D eigenvalue weighted by molar-refractivity contribution is 5.94. The van der Waals surface area contributed by atoms with Crippen molar-refractivity contribution in [3.63, 3.8) is 0 Å². The molecule has 6 heteroatoms. The molecule has 0 N–H and O–H groups in total. The zero-order valence-electron chi connectivity index (χ0n) is 12.4. The van der Waals surface area contributed by atoms with Crippen molar-refractivity contribution in [3.05, 3.63) is 59.7 Å². The summed E-state index contributed by atoms with van der Waals surface area (Å²) in [5.41, 5.74) is 0.560. The summed E-state index contributed by atoms with van der Waals surface area (Å²) in [6.07, 6.45) is 0. The molecular formula is C17H14F2N2O2. The number of halogens is 2. The number of carbonyl (C=O) groups is 1. The fourth-order valence-corrected chi connectivity index (χ4v) is 2.06. The van der Waals surface area contributed by atoms with Crippen LogP contribution in [0.15, 0.2) is 42.5 Å². The maximum Gasteiger partial charge on any atom is 0.264 e. The second-order valence-corrected chi connectivity index (χ2v) is 4.63. The first-order valence-electron chi connectivity index (χ1n) is 6.94. The van der Waals surface area contributed by atoms with Crippen LogP contribution in [-0.4, -0.2) is 19.1 Å². The molecule has 0 aliphatic rings. The van der Waals surface area contributed by atoms with Crippen LogP contribution in [0.25, 0.3) is 0 Å². The van der Waals surface area contributed by atoms with Gasteiger partial charge in [-0.3, -0.25) is 4.79 Å². The van der Waals surface area contributed by atoms with E-state index in [1.807, 2.05) is 6.07 Å². The van der Waals surface area contributed by atoms with Crippen molar-refractivity contribution in [2.24, 2.45) is 0 Å². The van der Waals surface area contributed by atoms with E-state index in [1.54, 1.807) is 31.2 Å². The van der Waals surface area contributed by atoms with Gasteiger partial charge in [0.05, 0.1) is 5.56 Å². The summed E-state index contributed by atoms with van der Waals surface area (Å²) >= 11 is 0. The van der Waals surface area contributed by atoms with Crippen molar-refractivity contribution < 1.29 is 18.3 Å². The Bertz CT molecular complexity index is 756. The highest BCUT2D eigenvalue weighted by atomic mass is 19.2. The van der Waals surface area contributed by atoms with Crippen LogP contribution in [0.2, 0.25) is 0 Å². The SMILES string of the molecule is CCN(C(=O)COc1ccccc1C#N)c1ccc(F)c(F)c1. The standard InChI is InChI=1S/C17H14F2N2O2/c1-2-21(13-7-8-14(18)15(19)9-13)17(22)11-23-16-6-4-3-5-12(16)10-20/h3-9H,2,11H2,1H3. The Morgan fingerprint density at radius 2 is 1.96 bits per heavy atom. The number of hydrogen-bond acceptors (Lipinski definition) is 3. The van der Waals surface area contributed by atoms with E-state index < -0.39 is 17.5 Å². The number of rotatable bonds is 5. The van der Waals surface area contributed by atoms with Gasteiger partial charge >= 0.3 is 0 Å². The van der Waals surface area contributed by atoms with Crippen LogP contribution in [0, 0.1) is 23.0 Å². The van der Waals surface area contributed by atoms with Gasteiger partial charge in [-0.2, -0.15) is 5.26 Å². The fraction of sp³-hybridized carbons (Fsp3) is 0.176. The monoisotopic (exact) mass is 316 g/mol. The molecular weight excluding hydrogens is 302 g/mol. The summed E-state index contributed by atoms with van der Waals surface area (Å²) in [5, 5.41) is 8.97. The third-order valence-electron chi connectivity index (χ3n) is 3.19. The highest BCUT2D eigenvalue weighted by Crippen LogP contribution is 2.20.